The lowest BCUT2D eigenvalue weighted by Gasteiger charge is -2.13. The zero-order valence-electron chi connectivity index (χ0n) is 11.8. The summed E-state index contributed by atoms with van der Waals surface area (Å²) < 4.78 is 43.3. The maximum atomic E-state index is 12.7. The Balaban J connectivity index is 2.15. The Hall–Kier alpha value is -2.17. The number of nitrogens with one attached hydrogen (secondary N) is 1. The molecule has 112 valence electrons. The van der Waals surface area contributed by atoms with Crippen molar-refractivity contribution in [1.29, 1.82) is 0 Å². The van der Waals surface area contributed by atoms with Crippen LogP contribution in [0.15, 0.2) is 42.5 Å². The van der Waals surface area contributed by atoms with E-state index in [-0.39, 0.29) is 0 Å². The maximum Gasteiger partial charge on any atom is 0.416 e. The number of methoxy groups -OCH3 is 1. The number of rotatable bonds is 4. The van der Waals surface area contributed by atoms with Crippen LogP contribution in [0.2, 0.25) is 0 Å². The second-order valence-electron chi connectivity index (χ2n) is 4.73. The van der Waals surface area contributed by atoms with Crippen molar-refractivity contribution in [2.45, 2.75) is 19.6 Å². The molecule has 2 aromatic rings. The van der Waals surface area contributed by atoms with Crippen molar-refractivity contribution in [3.63, 3.8) is 0 Å². The number of halogens is 3. The zero-order valence-corrected chi connectivity index (χ0v) is 11.8. The molecule has 0 amide bonds. The summed E-state index contributed by atoms with van der Waals surface area (Å²) in [6.45, 7) is 2.20. The van der Waals surface area contributed by atoms with Gasteiger partial charge in [0.05, 0.1) is 12.7 Å². The highest BCUT2D eigenvalue weighted by molar-refractivity contribution is 5.53. The van der Waals surface area contributed by atoms with Crippen molar-refractivity contribution in [2.24, 2.45) is 0 Å². The molecule has 0 aliphatic heterocycles. The molecule has 2 rings (SSSR count). The van der Waals surface area contributed by atoms with Crippen LogP contribution in [0, 0.1) is 6.92 Å². The molecule has 0 unspecified atom stereocenters. The molecule has 0 aromatic heterocycles. The van der Waals surface area contributed by atoms with Crippen molar-refractivity contribution < 1.29 is 17.9 Å². The van der Waals surface area contributed by atoms with Crippen molar-refractivity contribution in [2.75, 3.05) is 12.4 Å². The normalized spacial score (nSPS) is 11.3. The van der Waals surface area contributed by atoms with Gasteiger partial charge in [-0.15, -0.1) is 0 Å². The number of ether oxygens (including phenoxy) is 1. The first-order valence-corrected chi connectivity index (χ1v) is 6.45. The highest BCUT2D eigenvalue weighted by Gasteiger charge is 2.30. The topological polar surface area (TPSA) is 21.3 Å². The average molecular weight is 295 g/mol. The summed E-state index contributed by atoms with van der Waals surface area (Å²) >= 11 is 0. The minimum absolute atomic E-state index is 0.430. The molecule has 2 nitrogen and oxygen atoms in total. The lowest BCUT2D eigenvalue weighted by atomic mass is 10.1. The quantitative estimate of drug-likeness (QED) is 0.887. The van der Waals surface area contributed by atoms with Crippen LogP contribution in [0.1, 0.15) is 16.7 Å². The number of aryl methyl sites for hydroxylation is 1. The summed E-state index contributed by atoms with van der Waals surface area (Å²) in [5.41, 5.74) is 1.53. The molecule has 0 aliphatic carbocycles. The fourth-order valence-corrected chi connectivity index (χ4v) is 1.97. The molecular weight excluding hydrogens is 279 g/mol. The lowest BCUT2D eigenvalue weighted by molar-refractivity contribution is -0.137. The van der Waals surface area contributed by atoms with E-state index in [2.05, 4.69) is 5.32 Å². The number of hydrogen-bond donors (Lipinski definition) is 1. The Morgan fingerprint density at radius 1 is 1.10 bits per heavy atom. The zero-order chi connectivity index (χ0) is 15.5. The van der Waals surface area contributed by atoms with Gasteiger partial charge in [0.15, 0.2) is 0 Å². The van der Waals surface area contributed by atoms with Crippen molar-refractivity contribution in [1.82, 2.24) is 0 Å². The number of benzene rings is 2. The van der Waals surface area contributed by atoms with Gasteiger partial charge in [-0.05, 0) is 42.3 Å². The van der Waals surface area contributed by atoms with Crippen molar-refractivity contribution >= 4 is 5.69 Å². The van der Waals surface area contributed by atoms with E-state index in [4.69, 9.17) is 4.74 Å². The van der Waals surface area contributed by atoms with E-state index < -0.39 is 11.7 Å². The van der Waals surface area contributed by atoms with Gasteiger partial charge in [0.25, 0.3) is 0 Å². The van der Waals surface area contributed by atoms with E-state index in [1.54, 1.807) is 14.0 Å². The van der Waals surface area contributed by atoms with E-state index in [1.165, 1.54) is 6.07 Å². The molecule has 5 heteroatoms. The Bertz CT molecular complexity index is 623. The Morgan fingerprint density at radius 2 is 1.86 bits per heavy atom. The summed E-state index contributed by atoms with van der Waals surface area (Å²) in [6, 6.07) is 11.1. The Labute approximate surface area is 121 Å². The monoisotopic (exact) mass is 295 g/mol. The number of alkyl halides is 3. The third-order valence-corrected chi connectivity index (χ3v) is 3.18. The molecule has 21 heavy (non-hydrogen) atoms. The summed E-state index contributed by atoms with van der Waals surface area (Å²) in [5.74, 6) is 0.718. The maximum absolute atomic E-state index is 12.7. The van der Waals surface area contributed by atoms with Crippen LogP contribution >= 0.6 is 0 Å². The van der Waals surface area contributed by atoms with E-state index in [0.717, 1.165) is 29.0 Å². The second-order valence-corrected chi connectivity index (χ2v) is 4.73. The van der Waals surface area contributed by atoms with Crippen LogP contribution in [0.25, 0.3) is 0 Å². The minimum atomic E-state index is -4.33. The molecule has 0 aliphatic rings. The molecule has 0 radical (unpaired) electrons. The van der Waals surface area contributed by atoms with Crippen LogP contribution in [0.3, 0.4) is 0 Å². The van der Waals surface area contributed by atoms with Crippen LogP contribution in [0.4, 0.5) is 18.9 Å². The van der Waals surface area contributed by atoms with Crippen LogP contribution in [-0.4, -0.2) is 7.11 Å². The smallest absolute Gasteiger partial charge is 0.416 e. The van der Waals surface area contributed by atoms with Gasteiger partial charge in [-0.25, -0.2) is 0 Å². The van der Waals surface area contributed by atoms with Gasteiger partial charge < -0.3 is 10.1 Å². The molecule has 0 fully saturated rings. The largest absolute Gasteiger partial charge is 0.497 e. The Morgan fingerprint density at radius 3 is 2.52 bits per heavy atom. The first kappa shape index (κ1) is 15.2. The molecule has 0 spiro atoms. The van der Waals surface area contributed by atoms with E-state index in [1.807, 2.05) is 24.3 Å². The lowest BCUT2D eigenvalue weighted by Crippen LogP contribution is -2.07. The van der Waals surface area contributed by atoms with Gasteiger partial charge >= 0.3 is 6.18 Å². The van der Waals surface area contributed by atoms with Crippen LogP contribution < -0.4 is 10.1 Å². The second kappa shape index (κ2) is 6.08. The van der Waals surface area contributed by atoms with E-state index in [0.29, 0.717) is 12.2 Å². The average Bonchev–Trinajstić information content (AvgIpc) is 2.45. The van der Waals surface area contributed by atoms with Gasteiger partial charge in [-0.1, -0.05) is 18.2 Å². The van der Waals surface area contributed by atoms with Crippen molar-refractivity contribution in [3.8, 4) is 5.75 Å². The molecule has 2 aromatic carbocycles. The van der Waals surface area contributed by atoms with Crippen LogP contribution in [0.5, 0.6) is 5.75 Å². The molecule has 0 atom stereocenters. The van der Waals surface area contributed by atoms with Gasteiger partial charge in [0.2, 0.25) is 0 Å². The molecule has 0 saturated carbocycles. The number of anilines is 1. The van der Waals surface area contributed by atoms with Gasteiger partial charge in [-0.2, -0.15) is 13.2 Å². The first-order valence-electron chi connectivity index (χ1n) is 6.45. The fourth-order valence-electron chi connectivity index (χ4n) is 1.97. The van der Waals surface area contributed by atoms with E-state index in [9.17, 15) is 13.2 Å². The van der Waals surface area contributed by atoms with Gasteiger partial charge in [0.1, 0.15) is 5.75 Å². The highest BCUT2D eigenvalue weighted by atomic mass is 19.4. The third-order valence-electron chi connectivity index (χ3n) is 3.18. The van der Waals surface area contributed by atoms with Crippen LogP contribution in [-0.2, 0) is 12.7 Å². The molecular formula is C16H16F3NO. The SMILES string of the molecule is COc1cccc(CNc2cc(C(F)(F)F)ccc2C)c1. The third kappa shape index (κ3) is 3.90. The van der Waals surface area contributed by atoms with Crippen molar-refractivity contribution in [3.05, 3.63) is 59.2 Å². The van der Waals surface area contributed by atoms with E-state index >= 15 is 0 Å². The molecule has 0 bridgehead atoms. The van der Waals surface area contributed by atoms with Gasteiger partial charge in [0, 0.05) is 12.2 Å². The Kier molecular flexibility index (Phi) is 4.40. The highest BCUT2D eigenvalue weighted by Crippen LogP contribution is 2.32. The molecule has 0 heterocycles. The fraction of sp³-hybridized carbons (Fsp3) is 0.250. The summed E-state index contributed by atoms with van der Waals surface area (Å²) in [6.07, 6.45) is -4.33. The first-order chi connectivity index (χ1) is 9.90. The summed E-state index contributed by atoms with van der Waals surface area (Å²) in [7, 11) is 1.57. The summed E-state index contributed by atoms with van der Waals surface area (Å²) in [4.78, 5) is 0. The molecule has 0 saturated heterocycles. The predicted molar refractivity (Wildman–Crippen MR) is 76.5 cm³/mol. The minimum Gasteiger partial charge on any atom is -0.497 e. The molecule has 1 N–H and O–H groups in total. The van der Waals surface area contributed by atoms with Gasteiger partial charge in [-0.3, -0.25) is 0 Å². The number of hydrogen-bond acceptors (Lipinski definition) is 2. The standard InChI is InChI=1S/C16H16F3NO/c1-11-6-7-13(16(17,18)19)9-15(11)20-10-12-4-3-5-14(8-12)21-2/h3-9,20H,10H2,1-2H3. The summed E-state index contributed by atoms with van der Waals surface area (Å²) in [5, 5.41) is 3.04. The predicted octanol–water partition coefficient (Wildman–Crippen LogP) is 4.63.